The third-order valence-electron chi connectivity index (χ3n) is 6.80. The van der Waals surface area contributed by atoms with Crippen molar-refractivity contribution in [2.24, 2.45) is 23.2 Å². The number of nitrogens with zero attached hydrogens (tertiary/aromatic N) is 1. The molecule has 5 aliphatic rings. The molecule has 1 heterocycles. The lowest BCUT2D eigenvalue weighted by atomic mass is 9.49. The summed E-state index contributed by atoms with van der Waals surface area (Å²) in [6.07, 6.45) is 13.8. The summed E-state index contributed by atoms with van der Waals surface area (Å²) in [5.74, 6) is 3.35. The topological polar surface area (TPSA) is 15.3 Å². The van der Waals surface area contributed by atoms with Crippen molar-refractivity contribution in [3.05, 3.63) is 0 Å². The van der Waals surface area contributed by atoms with Crippen LogP contribution in [-0.4, -0.2) is 37.6 Å². The zero-order chi connectivity index (χ0) is 13.4. The maximum absolute atomic E-state index is 3.75. The number of likely N-dealkylation sites (tertiary alicyclic amines) is 1. The van der Waals surface area contributed by atoms with E-state index >= 15 is 0 Å². The van der Waals surface area contributed by atoms with Crippen LogP contribution in [0.1, 0.15) is 57.8 Å². The van der Waals surface area contributed by atoms with Gasteiger partial charge in [-0.15, -0.1) is 0 Å². The van der Waals surface area contributed by atoms with Gasteiger partial charge in [-0.05, 0) is 101 Å². The number of nitrogens with one attached hydrogen (secondary N) is 1. The summed E-state index contributed by atoms with van der Waals surface area (Å²) in [5, 5.41) is 3.75. The van der Waals surface area contributed by atoms with Gasteiger partial charge in [0.25, 0.3) is 0 Å². The van der Waals surface area contributed by atoms with E-state index in [1.54, 1.807) is 38.5 Å². The minimum atomic E-state index is 0.773. The summed E-state index contributed by atoms with van der Waals surface area (Å²) in [6.45, 7) is 6.46. The van der Waals surface area contributed by atoms with Crippen LogP contribution in [0.25, 0.3) is 0 Å². The van der Waals surface area contributed by atoms with Gasteiger partial charge in [-0.2, -0.15) is 0 Å². The average molecular weight is 276 g/mol. The van der Waals surface area contributed by atoms with E-state index in [1.807, 2.05) is 0 Å². The predicted octanol–water partition coefficient (Wildman–Crippen LogP) is 3.28. The molecule has 0 atom stereocenters. The van der Waals surface area contributed by atoms with Gasteiger partial charge in [0.1, 0.15) is 0 Å². The molecular formula is C18H32N2. The Morgan fingerprint density at radius 2 is 1.45 bits per heavy atom. The Morgan fingerprint density at radius 3 is 2.05 bits per heavy atom. The fraction of sp³-hybridized carbons (Fsp3) is 1.00. The fourth-order valence-corrected chi connectivity index (χ4v) is 6.32. The highest BCUT2D eigenvalue weighted by atomic mass is 15.1. The molecule has 0 spiro atoms. The molecule has 0 aromatic rings. The zero-order valence-electron chi connectivity index (χ0n) is 13.1. The first-order valence-corrected chi connectivity index (χ1v) is 9.24. The lowest BCUT2D eigenvalue weighted by Crippen LogP contribution is -2.47. The van der Waals surface area contributed by atoms with E-state index in [0.717, 1.165) is 23.2 Å². The standard InChI is InChI=1S/C18H32N2/c1-2-7-20(6-1)8-5-19-4-3-18-12-15-9-16(13-18)11-17(10-15)14-18/h15-17,19H,1-14H2. The zero-order valence-corrected chi connectivity index (χ0v) is 13.1. The second-order valence-corrected chi connectivity index (χ2v) is 8.47. The molecule has 20 heavy (non-hydrogen) atoms. The largest absolute Gasteiger partial charge is 0.315 e. The SMILES string of the molecule is C1CCN(CCNCCC23CC4CC(CC(C4)C2)C3)C1. The molecule has 5 fully saturated rings. The van der Waals surface area contributed by atoms with Gasteiger partial charge in [0.15, 0.2) is 0 Å². The second-order valence-electron chi connectivity index (χ2n) is 8.47. The van der Waals surface area contributed by atoms with E-state index in [-0.39, 0.29) is 0 Å². The van der Waals surface area contributed by atoms with Gasteiger partial charge in [0.2, 0.25) is 0 Å². The Morgan fingerprint density at radius 1 is 0.850 bits per heavy atom. The molecule has 1 aliphatic heterocycles. The van der Waals surface area contributed by atoms with E-state index < -0.39 is 0 Å². The first-order valence-electron chi connectivity index (χ1n) is 9.24. The summed E-state index contributed by atoms with van der Waals surface area (Å²) < 4.78 is 0. The number of hydrogen-bond donors (Lipinski definition) is 1. The first kappa shape index (κ1) is 13.6. The van der Waals surface area contributed by atoms with Crippen LogP contribution in [0.5, 0.6) is 0 Å². The third kappa shape index (κ3) is 2.78. The molecule has 1 saturated heterocycles. The van der Waals surface area contributed by atoms with Gasteiger partial charge >= 0.3 is 0 Å². The molecule has 0 aromatic carbocycles. The average Bonchev–Trinajstić information content (AvgIpc) is 2.89. The predicted molar refractivity (Wildman–Crippen MR) is 83.8 cm³/mol. The summed E-state index contributed by atoms with van der Waals surface area (Å²) >= 11 is 0. The van der Waals surface area contributed by atoms with Crippen molar-refractivity contribution in [1.29, 1.82) is 0 Å². The van der Waals surface area contributed by atoms with E-state index in [4.69, 9.17) is 0 Å². The first-order chi connectivity index (χ1) is 9.81. The van der Waals surface area contributed by atoms with Crippen molar-refractivity contribution >= 4 is 0 Å². The van der Waals surface area contributed by atoms with Gasteiger partial charge in [0.05, 0.1) is 0 Å². The highest BCUT2D eigenvalue weighted by molar-refractivity contribution is 5.01. The summed E-state index contributed by atoms with van der Waals surface area (Å²) in [7, 11) is 0. The summed E-state index contributed by atoms with van der Waals surface area (Å²) in [6, 6.07) is 0. The quantitative estimate of drug-likeness (QED) is 0.749. The van der Waals surface area contributed by atoms with Crippen molar-refractivity contribution in [2.75, 3.05) is 32.7 Å². The van der Waals surface area contributed by atoms with Gasteiger partial charge in [-0.3, -0.25) is 0 Å². The van der Waals surface area contributed by atoms with Crippen molar-refractivity contribution in [1.82, 2.24) is 10.2 Å². The van der Waals surface area contributed by atoms with E-state index in [0.29, 0.717) is 0 Å². The molecule has 0 aromatic heterocycles. The lowest BCUT2D eigenvalue weighted by molar-refractivity contribution is -0.0567. The minimum Gasteiger partial charge on any atom is -0.315 e. The third-order valence-corrected chi connectivity index (χ3v) is 6.80. The normalized spacial score (nSPS) is 43.5. The lowest BCUT2D eigenvalue weighted by Gasteiger charge is -2.57. The van der Waals surface area contributed by atoms with Crippen LogP contribution in [0.2, 0.25) is 0 Å². The Hall–Kier alpha value is -0.0800. The molecule has 4 saturated carbocycles. The van der Waals surface area contributed by atoms with E-state index in [9.17, 15) is 0 Å². The summed E-state index contributed by atoms with van der Waals surface area (Å²) in [4.78, 5) is 2.62. The van der Waals surface area contributed by atoms with E-state index in [1.165, 1.54) is 52.0 Å². The molecule has 4 bridgehead atoms. The molecule has 0 radical (unpaired) electrons. The van der Waals surface area contributed by atoms with Crippen LogP contribution in [0.3, 0.4) is 0 Å². The Balaban J connectivity index is 1.19. The molecule has 2 heteroatoms. The Labute approximate surface area is 124 Å². The molecule has 2 nitrogen and oxygen atoms in total. The van der Waals surface area contributed by atoms with Gasteiger partial charge in [-0.25, -0.2) is 0 Å². The highest BCUT2D eigenvalue weighted by Crippen LogP contribution is 2.61. The van der Waals surface area contributed by atoms with E-state index in [2.05, 4.69) is 10.2 Å². The van der Waals surface area contributed by atoms with Crippen LogP contribution < -0.4 is 5.32 Å². The minimum absolute atomic E-state index is 0.773. The Kier molecular flexibility index (Phi) is 3.80. The molecule has 0 amide bonds. The van der Waals surface area contributed by atoms with Crippen LogP contribution in [0.4, 0.5) is 0 Å². The van der Waals surface area contributed by atoms with Crippen molar-refractivity contribution in [3.8, 4) is 0 Å². The molecular weight excluding hydrogens is 244 g/mol. The van der Waals surface area contributed by atoms with Crippen LogP contribution >= 0.6 is 0 Å². The summed E-state index contributed by atoms with van der Waals surface area (Å²) in [5.41, 5.74) is 0.773. The number of rotatable bonds is 6. The van der Waals surface area contributed by atoms with Gasteiger partial charge in [-0.1, -0.05) is 0 Å². The molecule has 4 aliphatic carbocycles. The Bertz CT molecular complexity index is 297. The number of hydrogen-bond acceptors (Lipinski definition) is 2. The molecule has 0 unspecified atom stereocenters. The second kappa shape index (κ2) is 5.61. The van der Waals surface area contributed by atoms with Crippen molar-refractivity contribution in [3.63, 3.8) is 0 Å². The monoisotopic (exact) mass is 276 g/mol. The van der Waals surface area contributed by atoms with Crippen LogP contribution in [0, 0.1) is 23.2 Å². The van der Waals surface area contributed by atoms with Gasteiger partial charge in [0, 0.05) is 13.1 Å². The highest BCUT2D eigenvalue weighted by Gasteiger charge is 2.50. The smallest absolute Gasteiger partial charge is 0.0107 e. The molecule has 5 rings (SSSR count). The van der Waals surface area contributed by atoms with Crippen molar-refractivity contribution < 1.29 is 0 Å². The fourth-order valence-electron chi connectivity index (χ4n) is 6.32. The van der Waals surface area contributed by atoms with Crippen molar-refractivity contribution in [2.45, 2.75) is 57.8 Å². The molecule has 1 N–H and O–H groups in total. The van der Waals surface area contributed by atoms with Gasteiger partial charge < -0.3 is 10.2 Å². The maximum atomic E-state index is 3.75. The van der Waals surface area contributed by atoms with Crippen LogP contribution in [-0.2, 0) is 0 Å². The maximum Gasteiger partial charge on any atom is 0.0107 e. The molecule has 114 valence electrons. The van der Waals surface area contributed by atoms with Crippen LogP contribution in [0.15, 0.2) is 0 Å².